The van der Waals surface area contributed by atoms with E-state index in [9.17, 15) is 9.59 Å². The Balaban J connectivity index is 1.91. The third-order valence-corrected chi connectivity index (χ3v) is 4.46. The zero-order chi connectivity index (χ0) is 19.1. The van der Waals surface area contributed by atoms with Crippen molar-refractivity contribution < 1.29 is 9.59 Å². The summed E-state index contributed by atoms with van der Waals surface area (Å²) in [5.41, 5.74) is 4.70. The number of hydrogen-bond donors (Lipinski definition) is 1. The molecule has 1 atom stereocenters. The standard InChI is InChI=1S/C22H28N2O2/c1-16-10-11-20(17(2)12-16)14-24(4)15-22(26)23-21(18(3)25)13-19-8-6-5-7-9-19/h5-12,21H,13-15H2,1-4H3,(H,23,26)/t21-/m1/s1. The second-order valence-electron chi connectivity index (χ2n) is 7.02. The minimum atomic E-state index is -0.487. The zero-order valence-corrected chi connectivity index (χ0v) is 16.1. The number of ketones is 1. The molecule has 0 saturated carbocycles. The van der Waals surface area contributed by atoms with Gasteiger partial charge in [-0.2, -0.15) is 0 Å². The SMILES string of the molecule is CC(=O)[C@@H](Cc1ccccc1)NC(=O)CN(C)Cc1ccc(C)cc1C. The number of hydrogen-bond acceptors (Lipinski definition) is 3. The largest absolute Gasteiger partial charge is 0.345 e. The van der Waals surface area contributed by atoms with E-state index in [1.807, 2.05) is 42.3 Å². The van der Waals surface area contributed by atoms with E-state index in [-0.39, 0.29) is 18.2 Å². The zero-order valence-electron chi connectivity index (χ0n) is 16.1. The first kappa shape index (κ1) is 19.9. The number of benzene rings is 2. The predicted molar refractivity (Wildman–Crippen MR) is 105 cm³/mol. The molecule has 0 spiro atoms. The first-order chi connectivity index (χ1) is 12.3. The van der Waals surface area contributed by atoms with Crippen LogP contribution in [0.5, 0.6) is 0 Å². The van der Waals surface area contributed by atoms with Crippen molar-refractivity contribution in [2.24, 2.45) is 0 Å². The van der Waals surface area contributed by atoms with Gasteiger partial charge in [-0.3, -0.25) is 14.5 Å². The maximum atomic E-state index is 12.4. The average molecular weight is 352 g/mol. The Morgan fingerprint density at radius 1 is 1.08 bits per heavy atom. The number of rotatable bonds is 8. The first-order valence-electron chi connectivity index (χ1n) is 8.93. The van der Waals surface area contributed by atoms with Gasteiger partial charge >= 0.3 is 0 Å². The van der Waals surface area contributed by atoms with E-state index in [1.54, 1.807) is 0 Å². The second kappa shape index (κ2) is 9.30. The van der Waals surface area contributed by atoms with Crippen LogP contribution in [0.4, 0.5) is 0 Å². The molecule has 1 N–H and O–H groups in total. The number of likely N-dealkylation sites (N-methyl/N-ethyl adjacent to an activating group) is 1. The Labute approximate surface area is 156 Å². The lowest BCUT2D eigenvalue weighted by Gasteiger charge is -2.21. The summed E-state index contributed by atoms with van der Waals surface area (Å²) in [6.07, 6.45) is 0.517. The minimum Gasteiger partial charge on any atom is -0.345 e. The van der Waals surface area contributed by atoms with Crippen molar-refractivity contribution in [1.82, 2.24) is 10.2 Å². The molecule has 0 saturated heterocycles. The molecule has 0 heterocycles. The Morgan fingerprint density at radius 3 is 2.38 bits per heavy atom. The van der Waals surface area contributed by atoms with Crippen LogP contribution in [-0.2, 0) is 22.6 Å². The summed E-state index contributed by atoms with van der Waals surface area (Å²) < 4.78 is 0. The molecule has 0 aliphatic carbocycles. The summed E-state index contributed by atoms with van der Waals surface area (Å²) in [6, 6.07) is 15.6. The monoisotopic (exact) mass is 352 g/mol. The van der Waals surface area contributed by atoms with Crippen LogP contribution in [-0.4, -0.2) is 36.2 Å². The highest BCUT2D eigenvalue weighted by Crippen LogP contribution is 2.12. The van der Waals surface area contributed by atoms with Crippen LogP contribution < -0.4 is 5.32 Å². The minimum absolute atomic E-state index is 0.0285. The van der Waals surface area contributed by atoms with E-state index in [0.29, 0.717) is 13.0 Å². The summed E-state index contributed by atoms with van der Waals surface area (Å²) in [6.45, 7) is 6.63. The van der Waals surface area contributed by atoms with Gasteiger partial charge in [0.2, 0.25) is 5.91 Å². The number of nitrogens with one attached hydrogen (secondary N) is 1. The fraction of sp³-hybridized carbons (Fsp3) is 0.364. The number of carbonyl (C=O) groups is 2. The van der Waals surface area contributed by atoms with E-state index in [4.69, 9.17) is 0 Å². The van der Waals surface area contributed by atoms with Crippen molar-refractivity contribution in [3.63, 3.8) is 0 Å². The lowest BCUT2D eigenvalue weighted by molar-refractivity contribution is -0.127. The van der Waals surface area contributed by atoms with Crippen LogP contribution in [0.2, 0.25) is 0 Å². The van der Waals surface area contributed by atoms with E-state index in [2.05, 4.69) is 37.4 Å². The lowest BCUT2D eigenvalue weighted by Crippen LogP contribution is -2.45. The normalized spacial score (nSPS) is 12.0. The lowest BCUT2D eigenvalue weighted by atomic mass is 10.0. The predicted octanol–water partition coefficient (Wildman–Crippen LogP) is 3.05. The Bertz CT molecular complexity index is 756. The second-order valence-corrected chi connectivity index (χ2v) is 7.02. The average Bonchev–Trinajstić information content (AvgIpc) is 2.57. The number of carbonyl (C=O) groups excluding carboxylic acids is 2. The maximum absolute atomic E-state index is 12.4. The summed E-state index contributed by atoms with van der Waals surface area (Å²) in [5, 5.41) is 2.88. The molecule has 0 aliphatic heterocycles. The number of aryl methyl sites for hydroxylation is 2. The van der Waals surface area contributed by atoms with Crippen LogP contribution in [0.15, 0.2) is 48.5 Å². The Kier molecular flexibility index (Phi) is 7.10. The molecule has 2 aromatic carbocycles. The fourth-order valence-corrected chi connectivity index (χ4v) is 3.00. The molecule has 2 aromatic rings. The van der Waals surface area contributed by atoms with Crippen LogP contribution in [0, 0.1) is 13.8 Å². The highest BCUT2D eigenvalue weighted by atomic mass is 16.2. The molecule has 1 amide bonds. The van der Waals surface area contributed by atoms with Gasteiger partial charge in [0.25, 0.3) is 0 Å². The molecule has 2 rings (SSSR count). The van der Waals surface area contributed by atoms with Crippen molar-refractivity contribution in [1.29, 1.82) is 0 Å². The highest BCUT2D eigenvalue weighted by Gasteiger charge is 2.18. The highest BCUT2D eigenvalue weighted by molar-refractivity contribution is 5.88. The molecule has 0 bridgehead atoms. The van der Waals surface area contributed by atoms with E-state index in [0.717, 1.165) is 5.56 Å². The van der Waals surface area contributed by atoms with Gasteiger partial charge in [-0.05, 0) is 50.9 Å². The summed E-state index contributed by atoms with van der Waals surface area (Å²) >= 11 is 0. The van der Waals surface area contributed by atoms with Gasteiger partial charge in [0.15, 0.2) is 5.78 Å². The first-order valence-corrected chi connectivity index (χ1v) is 8.93. The van der Waals surface area contributed by atoms with Gasteiger partial charge in [0.1, 0.15) is 0 Å². The quantitative estimate of drug-likeness (QED) is 0.794. The van der Waals surface area contributed by atoms with Crippen LogP contribution in [0.1, 0.15) is 29.2 Å². The molecule has 138 valence electrons. The van der Waals surface area contributed by atoms with Crippen molar-refractivity contribution in [3.8, 4) is 0 Å². The van der Waals surface area contributed by atoms with Gasteiger partial charge in [0, 0.05) is 6.54 Å². The van der Waals surface area contributed by atoms with Crippen molar-refractivity contribution in [2.45, 2.75) is 39.8 Å². The molecular formula is C22H28N2O2. The van der Waals surface area contributed by atoms with Gasteiger partial charge in [-0.1, -0.05) is 54.1 Å². The Hall–Kier alpha value is -2.46. The fourth-order valence-electron chi connectivity index (χ4n) is 3.00. The van der Waals surface area contributed by atoms with Crippen LogP contribution >= 0.6 is 0 Å². The maximum Gasteiger partial charge on any atom is 0.234 e. The molecule has 0 fully saturated rings. The molecule has 0 radical (unpaired) electrons. The molecule has 26 heavy (non-hydrogen) atoms. The molecule has 4 nitrogen and oxygen atoms in total. The summed E-state index contributed by atoms with van der Waals surface area (Å²) in [5.74, 6) is -0.160. The smallest absolute Gasteiger partial charge is 0.234 e. The molecular weight excluding hydrogens is 324 g/mol. The van der Waals surface area contributed by atoms with Crippen molar-refractivity contribution in [3.05, 3.63) is 70.8 Å². The van der Waals surface area contributed by atoms with Crippen molar-refractivity contribution >= 4 is 11.7 Å². The number of nitrogens with zero attached hydrogens (tertiary/aromatic N) is 1. The third kappa shape index (κ3) is 6.12. The van der Waals surface area contributed by atoms with Crippen molar-refractivity contribution in [2.75, 3.05) is 13.6 Å². The molecule has 0 aliphatic rings. The molecule has 0 unspecified atom stereocenters. The third-order valence-electron chi connectivity index (χ3n) is 4.46. The van der Waals surface area contributed by atoms with Gasteiger partial charge < -0.3 is 5.32 Å². The van der Waals surface area contributed by atoms with E-state index < -0.39 is 6.04 Å². The number of amides is 1. The van der Waals surface area contributed by atoms with Gasteiger partial charge in [-0.25, -0.2) is 0 Å². The van der Waals surface area contributed by atoms with Gasteiger partial charge in [-0.15, -0.1) is 0 Å². The van der Waals surface area contributed by atoms with Crippen LogP contribution in [0.3, 0.4) is 0 Å². The van der Waals surface area contributed by atoms with Gasteiger partial charge in [0.05, 0.1) is 12.6 Å². The molecule has 4 heteroatoms. The molecule has 0 aromatic heterocycles. The van der Waals surface area contributed by atoms with E-state index in [1.165, 1.54) is 23.6 Å². The topological polar surface area (TPSA) is 49.4 Å². The van der Waals surface area contributed by atoms with E-state index >= 15 is 0 Å². The summed E-state index contributed by atoms with van der Waals surface area (Å²) in [4.78, 5) is 26.3. The Morgan fingerprint density at radius 2 is 1.77 bits per heavy atom. The number of Topliss-reactive ketones (excluding diaryl/α,β-unsaturated/α-hetero) is 1. The summed E-state index contributed by atoms with van der Waals surface area (Å²) in [7, 11) is 1.92. The van der Waals surface area contributed by atoms with Crippen LogP contribution in [0.25, 0.3) is 0 Å².